The van der Waals surface area contributed by atoms with Crippen molar-refractivity contribution in [1.82, 2.24) is 0 Å². The van der Waals surface area contributed by atoms with Gasteiger partial charge in [0.1, 0.15) is 0 Å². The molecule has 4 rings (SSSR count). The van der Waals surface area contributed by atoms with Gasteiger partial charge in [-0.2, -0.15) is 0 Å². The van der Waals surface area contributed by atoms with Crippen molar-refractivity contribution in [3.05, 3.63) is 99.6 Å². The number of anilines is 1. The molecule has 1 N–H and O–H groups in total. The van der Waals surface area contributed by atoms with Gasteiger partial charge in [-0.05, 0) is 23.8 Å². The predicted octanol–water partition coefficient (Wildman–Crippen LogP) is 3.61. The number of fused-ring (bicyclic) bond motifs is 1. The van der Waals surface area contributed by atoms with Crippen molar-refractivity contribution in [3.8, 4) is 5.75 Å². The van der Waals surface area contributed by atoms with Crippen LogP contribution in [0.25, 0.3) is 0 Å². The maximum atomic E-state index is 13.3. The van der Waals surface area contributed by atoms with Crippen LogP contribution in [0.1, 0.15) is 27.9 Å². The second-order valence-corrected chi connectivity index (χ2v) is 7.50. The maximum absolute atomic E-state index is 13.3. The fourth-order valence-electron chi connectivity index (χ4n) is 3.94. The average molecular weight is 432 g/mol. The first-order valence-electron chi connectivity index (χ1n) is 9.88. The van der Waals surface area contributed by atoms with Gasteiger partial charge in [0, 0.05) is 17.2 Å². The van der Waals surface area contributed by atoms with Crippen LogP contribution in [0.2, 0.25) is 0 Å². The molecule has 3 aromatic carbocycles. The minimum atomic E-state index is -2.07. The number of Topliss-reactive ketones (excluding diaryl/α,β-unsaturated/α-hetero) is 1. The predicted molar refractivity (Wildman–Crippen MR) is 117 cm³/mol. The monoisotopic (exact) mass is 432 g/mol. The molecule has 1 amide bonds. The van der Waals surface area contributed by atoms with Crippen LogP contribution in [-0.4, -0.2) is 28.8 Å². The molecule has 8 nitrogen and oxygen atoms in total. The van der Waals surface area contributed by atoms with Crippen LogP contribution in [0.5, 0.6) is 5.75 Å². The third-order valence-electron chi connectivity index (χ3n) is 5.54. The highest BCUT2D eigenvalue weighted by Crippen LogP contribution is 2.43. The Morgan fingerprint density at radius 1 is 1.09 bits per heavy atom. The summed E-state index contributed by atoms with van der Waals surface area (Å²) in [6.45, 7) is 0.237. The number of benzene rings is 3. The van der Waals surface area contributed by atoms with E-state index in [9.17, 15) is 24.8 Å². The molecule has 8 heteroatoms. The molecule has 3 aromatic rings. The highest BCUT2D eigenvalue weighted by molar-refractivity contribution is 6.10. The number of rotatable bonds is 7. The smallest absolute Gasteiger partial charge is 0.311 e. The first-order valence-corrected chi connectivity index (χ1v) is 9.88. The zero-order valence-corrected chi connectivity index (χ0v) is 17.2. The molecule has 162 valence electrons. The van der Waals surface area contributed by atoms with Gasteiger partial charge in [0.25, 0.3) is 5.91 Å². The van der Waals surface area contributed by atoms with Crippen molar-refractivity contribution in [3.63, 3.8) is 0 Å². The third kappa shape index (κ3) is 3.61. The Balaban J connectivity index is 1.67. The lowest BCUT2D eigenvalue weighted by Crippen LogP contribution is -2.41. The molecule has 0 saturated carbocycles. The lowest BCUT2D eigenvalue weighted by molar-refractivity contribution is -0.385. The first kappa shape index (κ1) is 21.2. The van der Waals surface area contributed by atoms with E-state index in [1.165, 1.54) is 24.1 Å². The van der Waals surface area contributed by atoms with E-state index in [0.29, 0.717) is 11.3 Å². The highest BCUT2D eigenvalue weighted by Gasteiger charge is 2.50. The molecule has 1 aliphatic rings. The van der Waals surface area contributed by atoms with Crippen LogP contribution in [-0.2, 0) is 16.9 Å². The zero-order chi connectivity index (χ0) is 22.9. The number of para-hydroxylation sites is 1. The lowest BCUT2D eigenvalue weighted by atomic mass is 9.88. The van der Waals surface area contributed by atoms with E-state index in [1.807, 2.05) is 30.3 Å². The Bertz CT molecular complexity index is 1210. The molecule has 32 heavy (non-hydrogen) atoms. The molecule has 1 atom stereocenters. The van der Waals surface area contributed by atoms with E-state index in [-0.39, 0.29) is 23.5 Å². The third-order valence-corrected chi connectivity index (χ3v) is 5.54. The van der Waals surface area contributed by atoms with E-state index in [1.54, 1.807) is 24.3 Å². The van der Waals surface area contributed by atoms with Crippen molar-refractivity contribution in [2.24, 2.45) is 0 Å². The van der Waals surface area contributed by atoms with E-state index < -0.39 is 28.6 Å². The summed E-state index contributed by atoms with van der Waals surface area (Å²) in [6.07, 6.45) is -0.544. The zero-order valence-electron chi connectivity index (χ0n) is 17.2. The minimum absolute atomic E-state index is 0.0118. The van der Waals surface area contributed by atoms with Crippen LogP contribution >= 0.6 is 0 Å². The van der Waals surface area contributed by atoms with Crippen molar-refractivity contribution in [1.29, 1.82) is 0 Å². The summed E-state index contributed by atoms with van der Waals surface area (Å²) in [4.78, 5) is 38.4. The lowest BCUT2D eigenvalue weighted by Gasteiger charge is -2.23. The molecule has 0 fully saturated rings. The molecule has 0 aromatic heterocycles. The van der Waals surface area contributed by atoms with Crippen LogP contribution in [0.4, 0.5) is 11.4 Å². The van der Waals surface area contributed by atoms with Crippen LogP contribution in [0.15, 0.2) is 72.8 Å². The SMILES string of the molecule is COc1ccc(C(=O)C[C@@]2(O)C(=O)N(Cc3ccccc3)c3ccccc32)cc1[N+](=O)[O-]. The van der Waals surface area contributed by atoms with E-state index in [2.05, 4.69) is 0 Å². The number of carbonyl (C=O) groups excluding carboxylic acids is 2. The fourth-order valence-corrected chi connectivity index (χ4v) is 3.94. The van der Waals surface area contributed by atoms with Crippen LogP contribution in [0.3, 0.4) is 0 Å². The largest absolute Gasteiger partial charge is 0.490 e. The number of ketones is 1. The van der Waals surface area contributed by atoms with Crippen molar-refractivity contribution >= 4 is 23.1 Å². The number of aliphatic hydroxyl groups is 1. The van der Waals surface area contributed by atoms with E-state index >= 15 is 0 Å². The number of nitro benzene ring substituents is 1. The Morgan fingerprint density at radius 2 is 1.78 bits per heavy atom. The first-order chi connectivity index (χ1) is 15.3. The molecular formula is C24H20N2O6. The van der Waals surface area contributed by atoms with Gasteiger partial charge in [-0.1, -0.05) is 48.5 Å². The number of nitro groups is 1. The minimum Gasteiger partial charge on any atom is -0.490 e. The summed E-state index contributed by atoms with van der Waals surface area (Å²) in [5.74, 6) is -1.19. The maximum Gasteiger partial charge on any atom is 0.311 e. The summed E-state index contributed by atoms with van der Waals surface area (Å²) in [5, 5.41) is 22.7. The van der Waals surface area contributed by atoms with Gasteiger partial charge in [0.05, 0.1) is 30.7 Å². The van der Waals surface area contributed by atoms with Gasteiger partial charge >= 0.3 is 5.69 Å². The molecule has 0 bridgehead atoms. The summed E-state index contributed by atoms with van der Waals surface area (Å²) in [6, 6.07) is 19.9. The molecule has 1 heterocycles. The molecular weight excluding hydrogens is 412 g/mol. The molecule has 0 spiro atoms. The Kier molecular flexibility index (Phi) is 5.46. The standard InChI is InChI=1S/C24H20N2O6/c1-32-22-12-11-17(13-20(22)26(30)31)21(27)14-24(29)18-9-5-6-10-19(18)25(23(24)28)15-16-7-3-2-4-8-16/h2-13,29H,14-15H2,1H3/t24-/m0/s1. The van der Waals surface area contributed by atoms with Crippen LogP contribution < -0.4 is 9.64 Å². The Morgan fingerprint density at radius 3 is 2.47 bits per heavy atom. The number of ether oxygens (including phenoxy) is 1. The van der Waals surface area contributed by atoms with Gasteiger partial charge < -0.3 is 14.7 Å². The van der Waals surface area contributed by atoms with Crippen molar-refractivity contribution < 1.29 is 24.4 Å². The number of hydrogen-bond donors (Lipinski definition) is 1. The quantitative estimate of drug-likeness (QED) is 0.347. The number of amides is 1. The fraction of sp³-hybridized carbons (Fsp3) is 0.167. The second-order valence-electron chi connectivity index (χ2n) is 7.50. The van der Waals surface area contributed by atoms with Gasteiger partial charge in [0.2, 0.25) is 0 Å². The second kappa shape index (κ2) is 8.24. The molecule has 0 radical (unpaired) electrons. The van der Waals surface area contributed by atoms with Crippen molar-refractivity contribution in [2.75, 3.05) is 12.0 Å². The Hall–Kier alpha value is -4.04. The summed E-state index contributed by atoms with van der Waals surface area (Å²) in [5.41, 5.74) is -0.699. The molecule has 0 unspecified atom stereocenters. The van der Waals surface area contributed by atoms with E-state index in [0.717, 1.165) is 11.6 Å². The van der Waals surface area contributed by atoms with Gasteiger partial charge in [0.15, 0.2) is 17.1 Å². The number of hydrogen-bond acceptors (Lipinski definition) is 6. The summed E-state index contributed by atoms with van der Waals surface area (Å²) in [7, 11) is 1.29. The van der Waals surface area contributed by atoms with Gasteiger partial charge in [-0.25, -0.2) is 0 Å². The summed E-state index contributed by atoms with van der Waals surface area (Å²) < 4.78 is 4.97. The number of nitrogens with zero attached hydrogens (tertiary/aromatic N) is 2. The topological polar surface area (TPSA) is 110 Å². The number of methoxy groups -OCH3 is 1. The normalized spacial score (nSPS) is 17.2. The summed E-state index contributed by atoms with van der Waals surface area (Å²) >= 11 is 0. The van der Waals surface area contributed by atoms with Crippen molar-refractivity contribution in [2.45, 2.75) is 18.6 Å². The highest BCUT2D eigenvalue weighted by atomic mass is 16.6. The average Bonchev–Trinajstić information content (AvgIpc) is 3.01. The molecule has 0 aliphatic carbocycles. The Labute approximate surface area is 183 Å². The molecule has 0 saturated heterocycles. The number of carbonyl (C=O) groups is 2. The van der Waals surface area contributed by atoms with Gasteiger partial charge in [-0.15, -0.1) is 0 Å². The van der Waals surface area contributed by atoms with E-state index in [4.69, 9.17) is 4.74 Å². The van der Waals surface area contributed by atoms with Gasteiger partial charge in [-0.3, -0.25) is 19.7 Å². The molecule has 1 aliphatic heterocycles. The van der Waals surface area contributed by atoms with Crippen LogP contribution in [0, 0.1) is 10.1 Å².